The van der Waals surface area contributed by atoms with Crippen molar-refractivity contribution in [3.05, 3.63) is 42.0 Å². The number of rotatable bonds is 6. The fraction of sp³-hybridized carbons (Fsp3) is 0.520. The summed E-state index contributed by atoms with van der Waals surface area (Å²) in [5.41, 5.74) is 9.11. The van der Waals surface area contributed by atoms with Crippen LogP contribution in [0.1, 0.15) is 39.0 Å². The molecular formula is C25H33N5S. The van der Waals surface area contributed by atoms with E-state index >= 15 is 0 Å². The summed E-state index contributed by atoms with van der Waals surface area (Å²) in [6, 6.07) is 12.0. The second-order valence-corrected chi connectivity index (χ2v) is 10.4. The first kappa shape index (κ1) is 20.9. The fourth-order valence-corrected chi connectivity index (χ4v) is 6.58. The third-order valence-electron chi connectivity index (χ3n) is 7.25. The normalized spacial score (nSPS) is 25.5. The maximum Gasteiger partial charge on any atom is 0.141 e. The molecule has 0 spiro atoms. The van der Waals surface area contributed by atoms with Gasteiger partial charge >= 0.3 is 0 Å². The Balaban J connectivity index is 1.35. The smallest absolute Gasteiger partial charge is 0.141 e. The number of benzene rings is 1. The van der Waals surface area contributed by atoms with Crippen molar-refractivity contribution in [2.24, 2.45) is 11.7 Å². The van der Waals surface area contributed by atoms with E-state index in [4.69, 9.17) is 10.7 Å². The van der Waals surface area contributed by atoms with Crippen molar-refractivity contribution in [1.82, 2.24) is 14.9 Å². The van der Waals surface area contributed by atoms with E-state index in [2.05, 4.69) is 64.5 Å². The van der Waals surface area contributed by atoms with Crippen LogP contribution in [0.3, 0.4) is 0 Å². The van der Waals surface area contributed by atoms with Crippen molar-refractivity contribution in [1.29, 1.82) is 0 Å². The lowest BCUT2D eigenvalue weighted by atomic mass is 9.93. The molecule has 3 aromatic rings. The number of nitrogens with two attached hydrogens (primary N) is 1. The molecule has 2 aliphatic rings. The van der Waals surface area contributed by atoms with Crippen LogP contribution in [0.4, 0.5) is 5.82 Å². The number of thiophene rings is 1. The highest BCUT2D eigenvalue weighted by atomic mass is 32.1. The van der Waals surface area contributed by atoms with Crippen LogP contribution in [-0.4, -0.2) is 53.1 Å². The Kier molecular flexibility index (Phi) is 5.95. The van der Waals surface area contributed by atoms with Gasteiger partial charge in [-0.1, -0.05) is 30.3 Å². The molecule has 4 unspecified atom stereocenters. The van der Waals surface area contributed by atoms with E-state index in [1.807, 2.05) is 0 Å². The molecule has 4 heterocycles. The lowest BCUT2D eigenvalue weighted by Gasteiger charge is -2.25. The Hall–Kier alpha value is -2.02. The van der Waals surface area contributed by atoms with Gasteiger partial charge in [-0.05, 0) is 64.1 Å². The predicted octanol–water partition coefficient (Wildman–Crippen LogP) is 4.77. The zero-order valence-corrected chi connectivity index (χ0v) is 19.4. The Morgan fingerprint density at radius 3 is 2.81 bits per heavy atom. The molecule has 31 heavy (non-hydrogen) atoms. The van der Waals surface area contributed by atoms with Crippen LogP contribution in [0.5, 0.6) is 0 Å². The van der Waals surface area contributed by atoms with Gasteiger partial charge in [0.2, 0.25) is 0 Å². The summed E-state index contributed by atoms with van der Waals surface area (Å²) in [7, 11) is 2.25. The first-order valence-electron chi connectivity index (χ1n) is 11.6. The number of nitrogens with zero attached hydrogens (tertiary/aromatic N) is 4. The second kappa shape index (κ2) is 8.85. The van der Waals surface area contributed by atoms with Gasteiger partial charge in [0, 0.05) is 35.6 Å². The van der Waals surface area contributed by atoms with E-state index in [1.165, 1.54) is 42.3 Å². The van der Waals surface area contributed by atoms with Crippen LogP contribution < -0.4 is 10.6 Å². The molecule has 2 aliphatic heterocycles. The lowest BCUT2D eigenvalue weighted by Crippen LogP contribution is -2.34. The van der Waals surface area contributed by atoms with Gasteiger partial charge in [0.15, 0.2) is 0 Å². The number of fused-ring (bicyclic) bond motifs is 1. The summed E-state index contributed by atoms with van der Waals surface area (Å²) >= 11 is 1.71. The second-order valence-electron chi connectivity index (χ2n) is 9.50. The van der Waals surface area contributed by atoms with Crippen LogP contribution >= 0.6 is 11.3 Å². The lowest BCUT2D eigenvalue weighted by molar-refractivity contribution is 0.270. The first-order valence-corrected chi connectivity index (χ1v) is 12.5. The molecule has 0 bridgehead atoms. The van der Waals surface area contributed by atoms with Gasteiger partial charge in [0.05, 0.1) is 5.39 Å². The number of anilines is 1. The number of hydrogen-bond donors (Lipinski definition) is 1. The largest absolute Gasteiger partial charge is 0.353 e. The molecule has 0 radical (unpaired) electrons. The Bertz CT molecular complexity index is 1020. The molecule has 5 nitrogen and oxygen atoms in total. The Morgan fingerprint density at radius 2 is 2.03 bits per heavy atom. The van der Waals surface area contributed by atoms with E-state index in [0.29, 0.717) is 18.0 Å². The zero-order valence-electron chi connectivity index (χ0n) is 18.6. The van der Waals surface area contributed by atoms with Crippen LogP contribution in [0, 0.1) is 5.92 Å². The average Bonchev–Trinajstić information content (AvgIpc) is 3.47. The topological polar surface area (TPSA) is 58.3 Å². The summed E-state index contributed by atoms with van der Waals surface area (Å²) in [5.74, 6) is 1.71. The summed E-state index contributed by atoms with van der Waals surface area (Å²) in [6.07, 6.45) is 7.76. The molecule has 2 saturated heterocycles. The van der Waals surface area contributed by atoms with Crippen LogP contribution in [0.2, 0.25) is 0 Å². The Morgan fingerprint density at radius 1 is 1.19 bits per heavy atom. The molecular weight excluding hydrogens is 402 g/mol. The highest BCUT2D eigenvalue weighted by molar-refractivity contribution is 7.17. The van der Waals surface area contributed by atoms with Crippen molar-refractivity contribution in [2.75, 3.05) is 25.0 Å². The molecule has 6 heteroatoms. The molecule has 4 atom stereocenters. The van der Waals surface area contributed by atoms with Gasteiger partial charge in [0.25, 0.3) is 0 Å². The highest BCUT2D eigenvalue weighted by Gasteiger charge is 2.33. The van der Waals surface area contributed by atoms with Gasteiger partial charge in [0.1, 0.15) is 17.0 Å². The minimum atomic E-state index is 0.286. The van der Waals surface area contributed by atoms with Gasteiger partial charge in [-0.3, -0.25) is 0 Å². The molecule has 5 rings (SSSR count). The molecule has 1 aromatic carbocycles. The molecule has 164 valence electrons. The van der Waals surface area contributed by atoms with E-state index in [1.54, 1.807) is 17.7 Å². The minimum Gasteiger partial charge on any atom is -0.353 e. The average molecular weight is 436 g/mol. The predicted molar refractivity (Wildman–Crippen MR) is 131 cm³/mol. The van der Waals surface area contributed by atoms with Gasteiger partial charge < -0.3 is 15.5 Å². The Labute approximate surface area is 189 Å². The van der Waals surface area contributed by atoms with Crippen molar-refractivity contribution in [3.8, 4) is 11.1 Å². The van der Waals surface area contributed by atoms with E-state index in [0.717, 1.165) is 30.0 Å². The SMILES string of the molecule is CC1CC(CC(N)CC2CCCN2C)CN1c1ncnc2scc(-c3ccccc3)c12. The molecule has 0 aliphatic carbocycles. The first-order chi connectivity index (χ1) is 15.1. The molecule has 2 aromatic heterocycles. The third-order valence-corrected chi connectivity index (χ3v) is 8.14. The van der Waals surface area contributed by atoms with Crippen molar-refractivity contribution < 1.29 is 0 Å². The minimum absolute atomic E-state index is 0.286. The summed E-state index contributed by atoms with van der Waals surface area (Å²) in [4.78, 5) is 15.4. The standard InChI is InChI=1S/C25H33N5S/c1-17-11-18(12-20(26)13-21-9-6-10-29(21)2)14-30(17)24-23-22(19-7-4-3-5-8-19)15-31-25(23)28-16-27-24/h3-5,7-8,15-18,20-21H,6,9-14,26H2,1-2H3. The summed E-state index contributed by atoms with van der Waals surface area (Å²) in [5, 5.41) is 3.42. The van der Waals surface area contributed by atoms with Crippen LogP contribution in [0.25, 0.3) is 21.3 Å². The maximum atomic E-state index is 6.63. The van der Waals surface area contributed by atoms with E-state index in [9.17, 15) is 0 Å². The van der Waals surface area contributed by atoms with Gasteiger partial charge in [-0.15, -0.1) is 11.3 Å². The van der Waals surface area contributed by atoms with Gasteiger partial charge in [-0.2, -0.15) is 0 Å². The summed E-state index contributed by atoms with van der Waals surface area (Å²) < 4.78 is 0. The maximum absolute atomic E-state index is 6.63. The zero-order chi connectivity index (χ0) is 21.4. The number of hydrogen-bond acceptors (Lipinski definition) is 6. The van der Waals surface area contributed by atoms with Crippen molar-refractivity contribution >= 4 is 27.4 Å². The fourth-order valence-electron chi connectivity index (χ4n) is 5.67. The monoisotopic (exact) mass is 435 g/mol. The number of likely N-dealkylation sites (tertiary alicyclic amines) is 1. The third kappa shape index (κ3) is 4.21. The van der Waals surface area contributed by atoms with Crippen LogP contribution in [-0.2, 0) is 0 Å². The van der Waals surface area contributed by atoms with Crippen molar-refractivity contribution in [3.63, 3.8) is 0 Å². The molecule has 0 amide bonds. The molecule has 2 N–H and O–H groups in total. The van der Waals surface area contributed by atoms with E-state index in [-0.39, 0.29) is 6.04 Å². The van der Waals surface area contributed by atoms with Crippen LogP contribution in [0.15, 0.2) is 42.0 Å². The molecule has 2 fully saturated rings. The van der Waals surface area contributed by atoms with Crippen molar-refractivity contribution in [2.45, 2.75) is 57.2 Å². The number of aromatic nitrogens is 2. The summed E-state index contributed by atoms with van der Waals surface area (Å²) in [6.45, 7) is 4.59. The van der Waals surface area contributed by atoms with Gasteiger partial charge in [-0.25, -0.2) is 9.97 Å². The quantitative estimate of drug-likeness (QED) is 0.604. The van der Waals surface area contributed by atoms with E-state index < -0.39 is 0 Å². The highest BCUT2D eigenvalue weighted by Crippen LogP contribution is 2.41. The molecule has 0 saturated carbocycles.